The quantitative estimate of drug-likeness (QED) is 0.531. The number of benzene rings is 1. The van der Waals surface area contributed by atoms with E-state index in [0.717, 1.165) is 24.8 Å². The molecule has 4 N–H and O–H groups in total. The van der Waals surface area contributed by atoms with E-state index in [4.69, 9.17) is 18.0 Å². The van der Waals surface area contributed by atoms with Gasteiger partial charge in [0.15, 0.2) is 5.11 Å². The molecule has 0 saturated heterocycles. The van der Waals surface area contributed by atoms with Gasteiger partial charge in [-0.2, -0.15) is 0 Å². The first-order valence-electron chi connectivity index (χ1n) is 9.39. The number of hydrogen-bond acceptors (Lipinski definition) is 4. The van der Waals surface area contributed by atoms with Crippen molar-refractivity contribution in [1.82, 2.24) is 5.32 Å². The molecule has 0 fully saturated rings. The number of carbonyl (C=O) groups excluding carboxylic acids is 2. The molecule has 1 aromatic heterocycles. The van der Waals surface area contributed by atoms with E-state index in [1.165, 1.54) is 16.2 Å². The van der Waals surface area contributed by atoms with Crippen LogP contribution in [0.3, 0.4) is 0 Å². The van der Waals surface area contributed by atoms with Crippen molar-refractivity contribution < 1.29 is 9.59 Å². The van der Waals surface area contributed by atoms with E-state index >= 15 is 0 Å². The molecular weight excluding hydrogens is 470 g/mol. The largest absolute Gasteiger partial charge is 0.365 e. The zero-order valence-electron chi connectivity index (χ0n) is 16.6. The second kappa shape index (κ2) is 8.53. The lowest BCUT2D eigenvalue weighted by Crippen LogP contribution is -2.34. The van der Waals surface area contributed by atoms with E-state index in [2.05, 4.69) is 47.3 Å². The van der Waals surface area contributed by atoms with Gasteiger partial charge in [0.25, 0.3) is 11.8 Å². The summed E-state index contributed by atoms with van der Waals surface area (Å²) in [4.78, 5) is 25.8. The summed E-state index contributed by atoms with van der Waals surface area (Å²) < 4.78 is 0.679. The third-order valence-corrected chi connectivity index (χ3v) is 7.37. The number of primary amides is 1. The number of thiophene rings is 1. The molecule has 29 heavy (non-hydrogen) atoms. The monoisotopic (exact) mass is 493 g/mol. The lowest BCUT2D eigenvalue weighted by atomic mass is 9.72. The SMILES string of the molecule is CC(C)(C)C1CCc2c(sc(NC(=S)NC(=O)c3ccccc3Br)c2C(N)=O)C1. The van der Waals surface area contributed by atoms with Crippen molar-refractivity contribution in [2.45, 2.75) is 40.0 Å². The average Bonchev–Trinajstić information content (AvgIpc) is 2.98. The van der Waals surface area contributed by atoms with Crippen LogP contribution in [0.25, 0.3) is 0 Å². The number of nitrogens with two attached hydrogens (primary N) is 1. The van der Waals surface area contributed by atoms with Gasteiger partial charge >= 0.3 is 0 Å². The number of amides is 2. The summed E-state index contributed by atoms with van der Waals surface area (Å²) in [5.74, 6) is -0.256. The maximum Gasteiger partial charge on any atom is 0.258 e. The number of thiocarbonyl (C=S) groups is 1. The minimum absolute atomic E-state index is 0.138. The summed E-state index contributed by atoms with van der Waals surface area (Å²) in [5.41, 5.74) is 7.88. The topological polar surface area (TPSA) is 84.2 Å². The van der Waals surface area contributed by atoms with Crippen molar-refractivity contribution in [3.63, 3.8) is 0 Å². The molecule has 0 bridgehead atoms. The number of fused-ring (bicyclic) bond motifs is 1. The van der Waals surface area contributed by atoms with Crippen molar-refractivity contribution in [2.75, 3.05) is 5.32 Å². The van der Waals surface area contributed by atoms with Gasteiger partial charge in [-0.25, -0.2) is 0 Å². The Balaban J connectivity index is 1.80. The average molecular weight is 494 g/mol. The number of anilines is 1. The zero-order chi connectivity index (χ0) is 21.3. The van der Waals surface area contributed by atoms with E-state index in [-0.39, 0.29) is 16.4 Å². The highest BCUT2D eigenvalue weighted by Gasteiger charge is 2.33. The third kappa shape index (κ3) is 4.87. The van der Waals surface area contributed by atoms with Crippen molar-refractivity contribution in [3.8, 4) is 0 Å². The van der Waals surface area contributed by atoms with Crippen LogP contribution in [0.4, 0.5) is 5.00 Å². The van der Waals surface area contributed by atoms with Crippen molar-refractivity contribution in [1.29, 1.82) is 0 Å². The normalized spacial score (nSPS) is 16.1. The molecule has 1 aliphatic rings. The predicted octanol–water partition coefficient (Wildman–Crippen LogP) is 4.89. The fourth-order valence-electron chi connectivity index (χ4n) is 3.62. The lowest BCUT2D eigenvalue weighted by molar-refractivity contribution is 0.0974. The smallest absolute Gasteiger partial charge is 0.258 e. The van der Waals surface area contributed by atoms with Gasteiger partial charge in [-0.1, -0.05) is 32.9 Å². The lowest BCUT2D eigenvalue weighted by Gasteiger charge is -2.33. The predicted molar refractivity (Wildman–Crippen MR) is 126 cm³/mol. The summed E-state index contributed by atoms with van der Waals surface area (Å²) in [6.45, 7) is 6.74. The summed E-state index contributed by atoms with van der Waals surface area (Å²) >= 11 is 10.2. The van der Waals surface area contributed by atoms with E-state index < -0.39 is 5.91 Å². The molecule has 3 rings (SSSR count). The van der Waals surface area contributed by atoms with E-state index in [1.54, 1.807) is 18.2 Å². The number of nitrogens with one attached hydrogen (secondary N) is 2. The van der Waals surface area contributed by atoms with Crippen LogP contribution in [0.5, 0.6) is 0 Å². The Morgan fingerprint density at radius 3 is 2.59 bits per heavy atom. The molecule has 154 valence electrons. The van der Waals surface area contributed by atoms with Crippen LogP contribution < -0.4 is 16.4 Å². The molecule has 5 nitrogen and oxygen atoms in total. The van der Waals surface area contributed by atoms with Gasteiger partial charge in [0.1, 0.15) is 5.00 Å². The summed E-state index contributed by atoms with van der Waals surface area (Å²) in [6, 6.07) is 7.10. The van der Waals surface area contributed by atoms with Gasteiger partial charge in [0, 0.05) is 9.35 Å². The van der Waals surface area contributed by atoms with Crippen LogP contribution in [-0.4, -0.2) is 16.9 Å². The fraction of sp³-hybridized carbons (Fsp3) is 0.381. The molecule has 1 atom stereocenters. The van der Waals surface area contributed by atoms with Crippen molar-refractivity contribution in [3.05, 3.63) is 50.3 Å². The van der Waals surface area contributed by atoms with Crippen LogP contribution in [-0.2, 0) is 12.8 Å². The number of carbonyl (C=O) groups is 2. The van der Waals surface area contributed by atoms with Gasteiger partial charge < -0.3 is 11.1 Å². The van der Waals surface area contributed by atoms with Gasteiger partial charge in [-0.15, -0.1) is 11.3 Å². The Morgan fingerprint density at radius 1 is 1.28 bits per heavy atom. The Hall–Kier alpha value is -1.77. The molecule has 0 saturated carbocycles. The fourth-order valence-corrected chi connectivity index (χ4v) is 5.69. The first-order valence-corrected chi connectivity index (χ1v) is 11.4. The Labute approximate surface area is 188 Å². The summed E-state index contributed by atoms with van der Waals surface area (Å²) in [5, 5.41) is 6.44. The standard InChI is InChI=1S/C21H24BrN3O2S2/c1-21(2,3)11-8-9-13-15(10-11)29-19(16(13)17(23)26)25-20(28)24-18(27)12-6-4-5-7-14(12)22/h4-7,11H,8-10H2,1-3H3,(H2,23,26)(H2,24,25,27,28). The molecule has 8 heteroatoms. The maximum absolute atomic E-state index is 12.5. The minimum Gasteiger partial charge on any atom is -0.365 e. The van der Waals surface area contributed by atoms with Gasteiger partial charge in [-0.3, -0.25) is 14.9 Å². The number of rotatable bonds is 3. The third-order valence-electron chi connectivity index (χ3n) is 5.31. The molecule has 0 spiro atoms. The van der Waals surface area contributed by atoms with E-state index in [0.29, 0.717) is 26.5 Å². The minimum atomic E-state index is -0.473. The summed E-state index contributed by atoms with van der Waals surface area (Å²) in [7, 11) is 0. The van der Waals surface area contributed by atoms with Crippen LogP contribution in [0.1, 0.15) is 58.3 Å². The zero-order valence-corrected chi connectivity index (χ0v) is 19.8. The molecular formula is C21H24BrN3O2S2. The highest BCUT2D eigenvalue weighted by atomic mass is 79.9. The van der Waals surface area contributed by atoms with Crippen LogP contribution >= 0.6 is 39.5 Å². The molecule has 1 heterocycles. The van der Waals surface area contributed by atoms with Crippen molar-refractivity contribution in [2.24, 2.45) is 17.1 Å². The summed E-state index contributed by atoms with van der Waals surface area (Å²) in [6.07, 6.45) is 2.77. The first-order chi connectivity index (χ1) is 13.6. The van der Waals surface area contributed by atoms with Gasteiger partial charge in [-0.05, 0) is 76.4 Å². The number of hydrogen-bond donors (Lipinski definition) is 3. The Morgan fingerprint density at radius 2 is 1.97 bits per heavy atom. The van der Waals surface area contributed by atoms with E-state index in [9.17, 15) is 9.59 Å². The highest BCUT2D eigenvalue weighted by Crippen LogP contribution is 2.44. The first kappa shape index (κ1) is 21.9. The Kier molecular flexibility index (Phi) is 6.45. The molecule has 1 aromatic carbocycles. The molecule has 2 amide bonds. The highest BCUT2D eigenvalue weighted by molar-refractivity contribution is 9.10. The molecule has 0 radical (unpaired) electrons. The molecule has 1 aliphatic carbocycles. The number of halogens is 1. The van der Waals surface area contributed by atoms with Crippen molar-refractivity contribution >= 4 is 61.4 Å². The van der Waals surface area contributed by atoms with E-state index in [1.807, 2.05) is 6.07 Å². The van der Waals surface area contributed by atoms with Gasteiger partial charge in [0.2, 0.25) is 0 Å². The van der Waals surface area contributed by atoms with Crippen LogP contribution in [0.2, 0.25) is 0 Å². The second-order valence-electron chi connectivity index (χ2n) is 8.27. The van der Waals surface area contributed by atoms with Crippen LogP contribution in [0.15, 0.2) is 28.7 Å². The van der Waals surface area contributed by atoms with Crippen LogP contribution in [0, 0.1) is 11.3 Å². The molecule has 2 aromatic rings. The maximum atomic E-state index is 12.5. The molecule has 1 unspecified atom stereocenters. The molecule has 0 aliphatic heterocycles. The second-order valence-corrected chi connectivity index (χ2v) is 10.6. The van der Waals surface area contributed by atoms with Gasteiger partial charge in [0.05, 0.1) is 11.1 Å². The Bertz CT molecular complexity index is 979.